The topological polar surface area (TPSA) is 58.4 Å². The van der Waals surface area contributed by atoms with Crippen LogP contribution in [-0.4, -0.2) is 42.5 Å². The van der Waals surface area contributed by atoms with Crippen LogP contribution in [0.25, 0.3) is 0 Å². The van der Waals surface area contributed by atoms with Crippen molar-refractivity contribution in [3.8, 4) is 0 Å². The zero-order valence-corrected chi connectivity index (χ0v) is 11.4. The molecule has 0 aromatic heterocycles. The van der Waals surface area contributed by atoms with Gasteiger partial charge in [-0.1, -0.05) is 26.1 Å². The molecule has 0 fully saturated rings. The Labute approximate surface area is 104 Å². The molecule has 5 heteroatoms. The first kappa shape index (κ1) is 15.3. The predicted molar refractivity (Wildman–Crippen MR) is 71.3 cm³/mol. The molecule has 2 unspecified atom stereocenters. The van der Waals surface area contributed by atoms with Gasteiger partial charge in [-0.2, -0.15) is 0 Å². The van der Waals surface area contributed by atoms with Crippen molar-refractivity contribution in [2.45, 2.75) is 32.7 Å². The van der Waals surface area contributed by atoms with Crippen LogP contribution >= 0.6 is 12.2 Å². The first-order valence-electron chi connectivity index (χ1n) is 5.62. The van der Waals surface area contributed by atoms with E-state index >= 15 is 0 Å². The van der Waals surface area contributed by atoms with Gasteiger partial charge in [0.1, 0.15) is 0 Å². The lowest BCUT2D eigenvalue weighted by molar-refractivity contribution is -0.124. The zero-order chi connectivity index (χ0) is 12.7. The molecule has 0 rings (SSSR count). The number of nitrogens with one attached hydrogen (secondary N) is 1. The quantitative estimate of drug-likeness (QED) is 0.650. The summed E-state index contributed by atoms with van der Waals surface area (Å²) in [5.74, 6) is 0.0485. The Morgan fingerprint density at radius 2 is 2.12 bits per heavy atom. The summed E-state index contributed by atoms with van der Waals surface area (Å²) in [6.07, 6.45) is 1.69. The number of carbonyl (C=O) groups is 1. The summed E-state index contributed by atoms with van der Waals surface area (Å²) >= 11 is 4.92. The summed E-state index contributed by atoms with van der Waals surface area (Å²) < 4.78 is 0. The molecule has 0 bridgehead atoms. The molecule has 16 heavy (non-hydrogen) atoms. The van der Waals surface area contributed by atoms with E-state index in [1.807, 2.05) is 14.0 Å². The van der Waals surface area contributed by atoms with Gasteiger partial charge in [0, 0.05) is 32.0 Å². The molecule has 0 heterocycles. The zero-order valence-electron chi connectivity index (χ0n) is 10.6. The van der Waals surface area contributed by atoms with Crippen LogP contribution < -0.4 is 11.1 Å². The van der Waals surface area contributed by atoms with E-state index in [0.29, 0.717) is 17.5 Å². The maximum absolute atomic E-state index is 11.4. The number of carbonyl (C=O) groups excluding carboxylic acids is 1. The third-order valence-corrected chi connectivity index (χ3v) is 2.95. The minimum Gasteiger partial charge on any atom is -0.393 e. The second-order valence-corrected chi connectivity index (χ2v) is 4.71. The second kappa shape index (κ2) is 7.57. The molecule has 0 saturated carbocycles. The van der Waals surface area contributed by atoms with Crippen LogP contribution in [0.15, 0.2) is 0 Å². The molecule has 2 atom stereocenters. The number of amides is 1. The lowest BCUT2D eigenvalue weighted by Gasteiger charge is -2.28. The fourth-order valence-corrected chi connectivity index (χ4v) is 1.95. The number of nitrogens with zero attached hydrogens (tertiary/aromatic N) is 1. The van der Waals surface area contributed by atoms with Crippen LogP contribution in [0.2, 0.25) is 0 Å². The molecule has 0 aromatic rings. The summed E-state index contributed by atoms with van der Waals surface area (Å²) in [5, 5.41) is 2.65. The van der Waals surface area contributed by atoms with Gasteiger partial charge >= 0.3 is 0 Å². The molecule has 4 nitrogen and oxygen atoms in total. The number of thiocarbonyl (C=S) groups is 1. The molecule has 0 radical (unpaired) electrons. The Morgan fingerprint density at radius 3 is 2.50 bits per heavy atom. The van der Waals surface area contributed by atoms with E-state index in [-0.39, 0.29) is 11.8 Å². The smallest absolute Gasteiger partial charge is 0.223 e. The van der Waals surface area contributed by atoms with Gasteiger partial charge in [-0.3, -0.25) is 4.79 Å². The summed E-state index contributed by atoms with van der Waals surface area (Å²) in [6.45, 7) is 4.74. The van der Waals surface area contributed by atoms with Crippen LogP contribution in [0.3, 0.4) is 0 Å². The number of hydrogen-bond donors (Lipinski definition) is 2. The van der Waals surface area contributed by atoms with Crippen molar-refractivity contribution in [1.29, 1.82) is 0 Å². The molecule has 3 N–H and O–H groups in total. The molecule has 0 saturated heterocycles. The number of nitrogens with two attached hydrogens (primary N) is 1. The highest BCUT2D eigenvalue weighted by Crippen LogP contribution is 2.09. The molecular weight excluding hydrogens is 222 g/mol. The standard InChI is InChI=1S/C11H23N3OS/c1-5-9(6-10(12)16)14(4)7-8(2)11(15)13-3/h8-9H,5-7H2,1-4H3,(H2,12,16)(H,13,15). The van der Waals surface area contributed by atoms with Crippen molar-refractivity contribution < 1.29 is 4.79 Å². The maximum Gasteiger partial charge on any atom is 0.223 e. The highest BCUT2D eigenvalue weighted by Gasteiger charge is 2.19. The summed E-state index contributed by atoms with van der Waals surface area (Å²) in [4.78, 5) is 14.1. The van der Waals surface area contributed by atoms with Gasteiger partial charge in [-0.15, -0.1) is 0 Å². The highest BCUT2D eigenvalue weighted by atomic mass is 32.1. The fourth-order valence-electron chi connectivity index (χ4n) is 1.75. The van der Waals surface area contributed by atoms with Crippen LogP contribution in [0.5, 0.6) is 0 Å². The molecule has 94 valence electrons. The summed E-state index contributed by atoms with van der Waals surface area (Å²) in [6, 6.07) is 0.324. The Morgan fingerprint density at radius 1 is 1.56 bits per heavy atom. The predicted octanol–water partition coefficient (Wildman–Crippen LogP) is 0.755. The van der Waals surface area contributed by atoms with Crippen molar-refractivity contribution in [3.05, 3.63) is 0 Å². The van der Waals surface area contributed by atoms with Crippen LogP contribution in [0.1, 0.15) is 26.7 Å². The van der Waals surface area contributed by atoms with Crippen molar-refractivity contribution in [2.24, 2.45) is 11.7 Å². The Balaban J connectivity index is 4.24. The molecule has 0 aliphatic heterocycles. The number of hydrogen-bond acceptors (Lipinski definition) is 3. The Bertz CT molecular complexity index is 245. The van der Waals surface area contributed by atoms with E-state index < -0.39 is 0 Å². The average molecular weight is 245 g/mol. The molecule has 0 spiro atoms. The SMILES string of the molecule is CCC(CC(N)=S)N(C)CC(C)C(=O)NC. The normalized spacial score (nSPS) is 14.6. The molecule has 1 amide bonds. The van der Waals surface area contributed by atoms with E-state index in [0.717, 1.165) is 13.0 Å². The Hall–Kier alpha value is -0.680. The largest absolute Gasteiger partial charge is 0.393 e. The van der Waals surface area contributed by atoms with Gasteiger partial charge in [0.25, 0.3) is 0 Å². The first-order chi connectivity index (χ1) is 7.42. The molecule has 0 aromatic carbocycles. The van der Waals surface area contributed by atoms with Crippen LogP contribution in [-0.2, 0) is 4.79 Å². The first-order valence-corrected chi connectivity index (χ1v) is 6.03. The van der Waals surface area contributed by atoms with Crippen molar-refractivity contribution in [3.63, 3.8) is 0 Å². The van der Waals surface area contributed by atoms with E-state index in [9.17, 15) is 4.79 Å². The van der Waals surface area contributed by atoms with Gasteiger partial charge < -0.3 is 16.0 Å². The average Bonchev–Trinajstić information content (AvgIpc) is 2.23. The minimum atomic E-state index is -0.0182. The maximum atomic E-state index is 11.4. The van der Waals surface area contributed by atoms with Crippen molar-refractivity contribution in [1.82, 2.24) is 10.2 Å². The lowest BCUT2D eigenvalue weighted by atomic mass is 10.1. The molecule has 0 aliphatic carbocycles. The lowest BCUT2D eigenvalue weighted by Crippen LogP contribution is -2.40. The van der Waals surface area contributed by atoms with E-state index in [1.165, 1.54) is 0 Å². The van der Waals surface area contributed by atoms with E-state index in [1.54, 1.807) is 7.05 Å². The molecular formula is C11H23N3OS. The van der Waals surface area contributed by atoms with Gasteiger partial charge in [-0.25, -0.2) is 0 Å². The number of rotatable bonds is 7. The third kappa shape index (κ3) is 5.42. The minimum absolute atomic E-state index is 0.0182. The van der Waals surface area contributed by atoms with Crippen LogP contribution in [0, 0.1) is 5.92 Å². The van der Waals surface area contributed by atoms with Crippen LogP contribution in [0.4, 0.5) is 0 Å². The van der Waals surface area contributed by atoms with Crippen molar-refractivity contribution >= 4 is 23.1 Å². The highest BCUT2D eigenvalue weighted by molar-refractivity contribution is 7.80. The Kier molecular flexibility index (Phi) is 7.25. The summed E-state index contributed by atoms with van der Waals surface area (Å²) in [5.41, 5.74) is 5.55. The van der Waals surface area contributed by atoms with Gasteiger partial charge in [0.05, 0.1) is 4.99 Å². The van der Waals surface area contributed by atoms with E-state index in [2.05, 4.69) is 17.1 Å². The van der Waals surface area contributed by atoms with Gasteiger partial charge in [0.15, 0.2) is 0 Å². The van der Waals surface area contributed by atoms with Gasteiger partial charge in [-0.05, 0) is 13.5 Å². The van der Waals surface area contributed by atoms with Crippen molar-refractivity contribution in [2.75, 3.05) is 20.6 Å². The fraction of sp³-hybridized carbons (Fsp3) is 0.818. The molecule has 0 aliphatic rings. The monoisotopic (exact) mass is 245 g/mol. The van der Waals surface area contributed by atoms with Gasteiger partial charge in [0.2, 0.25) is 5.91 Å². The second-order valence-electron chi connectivity index (χ2n) is 4.19. The third-order valence-electron chi connectivity index (χ3n) is 2.79. The van der Waals surface area contributed by atoms with E-state index in [4.69, 9.17) is 18.0 Å². The summed E-state index contributed by atoms with van der Waals surface area (Å²) in [7, 11) is 3.66.